The number of anilines is 1. The fraction of sp³-hybridized carbons (Fsp3) is 0. The molecule has 9 nitrogen and oxygen atoms in total. The monoisotopic (exact) mass is 575 g/mol. The molecule has 4 aromatic rings. The van der Waals surface area contributed by atoms with Gasteiger partial charge in [-0.2, -0.15) is 5.10 Å². The molecule has 0 aliphatic carbocycles. The number of halogens is 1. The van der Waals surface area contributed by atoms with Crippen molar-refractivity contribution < 1.29 is 19.1 Å². The lowest BCUT2D eigenvalue weighted by atomic mass is 10.2. The highest BCUT2D eigenvalue weighted by Crippen LogP contribution is 2.26. The predicted molar refractivity (Wildman–Crippen MR) is 145 cm³/mol. The number of hydrazone groups is 1. The molecule has 4 rings (SSSR count). The first-order valence-electron chi connectivity index (χ1n) is 10.8. The van der Waals surface area contributed by atoms with Crippen molar-refractivity contribution in [3.63, 3.8) is 0 Å². The number of nitrogens with one attached hydrogen (secondary N) is 2. The van der Waals surface area contributed by atoms with Crippen molar-refractivity contribution in [1.82, 2.24) is 15.6 Å². The fourth-order valence-electron chi connectivity index (χ4n) is 2.92. The predicted octanol–water partition coefficient (Wildman–Crippen LogP) is 4.68. The molecule has 0 aliphatic heterocycles. The summed E-state index contributed by atoms with van der Waals surface area (Å²) in [7, 11) is 0. The quantitative estimate of drug-likeness (QED) is 0.0823. The van der Waals surface area contributed by atoms with E-state index in [1.54, 1.807) is 24.3 Å². The normalized spacial score (nSPS) is 10.9. The number of benzene rings is 3. The van der Waals surface area contributed by atoms with Gasteiger partial charge in [0.1, 0.15) is 10.8 Å². The van der Waals surface area contributed by atoms with Crippen molar-refractivity contribution >= 4 is 62.5 Å². The highest BCUT2D eigenvalue weighted by Gasteiger charge is 2.16. The molecule has 0 unspecified atom stereocenters. The Morgan fingerprint density at radius 1 is 0.919 bits per heavy atom. The van der Waals surface area contributed by atoms with Gasteiger partial charge in [-0.15, -0.1) is 10.2 Å². The molecule has 0 aliphatic rings. The minimum Gasteiger partial charge on any atom is -0.423 e. The summed E-state index contributed by atoms with van der Waals surface area (Å²) in [5, 5.41) is 14.9. The average molecular weight is 576 g/mol. The van der Waals surface area contributed by atoms with Crippen molar-refractivity contribution in [2.45, 2.75) is 0 Å². The third-order valence-corrected chi connectivity index (χ3v) is 6.02. The Morgan fingerprint density at radius 3 is 2.41 bits per heavy atom. The van der Waals surface area contributed by atoms with Gasteiger partial charge in [0.25, 0.3) is 0 Å². The highest BCUT2D eigenvalue weighted by molar-refractivity contribution is 9.10. The highest BCUT2D eigenvalue weighted by atomic mass is 79.9. The maximum absolute atomic E-state index is 12.3. The molecule has 11 heteroatoms. The summed E-state index contributed by atoms with van der Waals surface area (Å²) in [5.74, 6) is -2.33. The Hall–Kier alpha value is -4.48. The Morgan fingerprint density at radius 2 is 1.65 bits per heavy atom. The van der Waals surface area contributed by atoms with Crippen LogP contribution in [0.4, 0.5) is 5.13 Å². The zero-order chi connectivity index (χ0) is 26.0. The van der Waals surface area contributed by atoms with Crippen LogP contribution in [0, 0.1) is 0 Å². The lowest BCUT2D eigenvalue weighted by Crippen LogP contribution is -2.32. The molecule has 0 saturated heterocycles. The summed E-state index contributed by atoms with van der Waals surface area (Å²) in [6.45, 7) is 0. The number of ether oxygens (including phenoxy) is 1. The number of amides is 2. The van der Waals surface area contributed by atoms with Gasteiger partial charge in [0.05, 0.1) is 6.21 Å². The van der Waals surface area contributed by atoms with Gasteiger partial charge in [0, 0.05) is 21.7 Å². The summed E-state index contributed by atoms with van der Waals surface area (Å²) >= 11 is 4.48. The summed E-state index contributed by atoms with van der Waals surface area (Å²) in [4.78, 5) is 36.7. The largest absolute Gasteiger partial charge is 0.423 e. The first kappa shape index (κ1) is 25.6. The molecule has 0 fully saturated rings. The molecule has 0 bridgehead atoms. The molecule has 0 spiro atoms. The van der Waals surface area contributed by atoms with E-state index in [-0.39, 0.29) is 10.9 Å². The van der Waals surface area contributed by atoms with Crippen LogP contribution in [0.2, 0.25) is 0 Å². The van der Waals surface area contributed by atoms with Gasteiger partial charge in [0.2, 0.25) is 5.13 Å². The van der Waals surface area contributed by atoms with Crippen LogP contribution in [0.1, 0.15) is 11.1 Å². The SMILES string of the molecule is O=C(/C=C/c1ccccc1)Oc1ccc(Br)cc1/C=N\NC(=O)C(=O)Nc1nnc(-c2ccccc2)s1. The van der Waals surface area contributed by atoms with Crippen molar-refractivity contribution in [3.8, 4) is 16.3 Å². The Bertz CT molecular complexity index is 1470. The standard InChI is InChI=1S/C26H18BrN5O4S/c27-20-12-13-21(36-22(33)14-11-17-7-3-1-4-8-17)19(15-20)16-28-30-24(35)23(34)29-26-32-31-25(37-26)18-9-5-2-6-10-18/h1-16H,(H,30,35)(H,29,32,34)/b14-11+,28-16-. The van der Waals surface area contributed by atoms with Crippen molar-refractivity contribution in [3.05, 3.63) is 101 Å². The van der Waals surface area contributed by atoms with E-state index in [9.17, 15) is 14.4 Å². The number of esters is 1. The van der Waals surface area contributed by atoms with E-state index in [1.165, 1.54) is 12.3 Å². The summed E-state index contributed by atoms with van der Waals surface area (Å²) in [6.07, 6.45) is 4.20. The van der Waals surface area contributed by atoms with Crippen molar-refractivity contribution in [2.24, 2.45) is 5.10 Å². The number of aromatic nitrogens is 2. The van der Waals surface area contributed by atoms with E-state index in [4.69, 9.17) is 4.74 Å². The summed E-state index contributed by atoms with van der Waals surface area (Å²) < 4.78 is 6.10. The van der Waals surface area contributed by atoms with E-state index in [1.807, 2.05) is 60.7 Å². The third kappa shape index (κ3) is 7.50. The number of hydrogen-bond donors (Lipinski definition) is 2. The summed E-state index contributed by atoms with van der Waals surface area (Å²) in [5.41, 5.74) is 4.23. The second-order valence-electron chi connectivity index (χ2n) is 7.28. The molecule has 1 heterocycles. The number of hydrogen-bond acceptors (Lipinski definition) is 8. The van der Waals surface area contributed by atoms with Gasteiger partial charge in [0.15, 0.2) is 0 Å². The van der Waals surface area contributed by atoms with Gasteiger partial charge in [-0.1, -0.05) is 87.9 Å². The van der Waals surface area contributed by atoms with Gasteiger partial charge in [-0.05, 0) is 29.8 Å². The van der Waals surface area contributed by atoms with Gasteiger partial charge in [-0.3, -0.25) is 14.9 Å². The van der Waals surface area contributed by atoms with Crippen molar-refractivity contribution in [2.75, 3.05) is 5.32 Å². The average Bonchev–Trinajstić information content (AvgIpc) is 3.38. The molecule has 2 amide bonds. The van der Waals surface area contributed by atoms with Crippen LogP contribution in [0.15, 0.2) is 94.5 Å². The number of nitrogens with zero attached hydrogens (tertiary/aromatic N) is 3. The van der Waals surface area contributed by atoms with Crippen LogP contribution in [0.25, 0.3) is 16.6 Å². The van der Waals surface area contributed by atoms with E-state index in [0.29, 0.717) is 15.0 Å². The molecule has 184 valence electrons. The van der Waals surface area contributed by atoms with E-state index in [0.717, 1.165) is 22.5 Å². The Labute approximate surface area is 224 Å². The smallest absolute Gasteiger partial charge is 0.336 e. The number of rotatable bonds is 7. The topological polar surface area (TPSA) is 123 Å². The van der Waals surface area contributed by atoms with Crippen LogP contribution >= 0.6 is 27.3 Å². The molecule has 0 atom stereocenters. The molecular formula is C26H18BrN5O4S. The third-order valence-electron chi connectivity index (χ3n) is 4.64. The van der Waals surface area contributed by atoms with E-state index in [2.05, 4.69) is 42.0 Å². The van der Waals surface area contributed by atoms with Gasteiger partial charge < -0.3 is 4.74 Å². The lowest BCUT2D eigenvalue weighted by Gasteiger charge is -2.06. The number of carbonyl (C=O) groups excluding carboxylic acids is 3. The number of carbonyl (C=O) groups is 3. The Kier molecular flexibility index (Phi) is 8.63. The maximum Gasteiger partial charge on any atom is 0.336 e. The van der Waals surface area contributed by atoms with Gasteiger partial charge in [-0.25, -0.2) is 10.2 Å². The molecule has 2 N–H and O–H groups in total. The van der Waals surface area contributed by atoms with Crippen LogP contribution < -0.4 is 15.5 Å². The fourth-order valence-corrected chi connectivity index (χ4v) is 4.04. The zero-order valence-electron chi connectivity index (χ0n) is 19.0. The second kappa shape index (κ2) is 12.5. The molecular weight excluding hydrogens is 558 g/mol. The maximum atomic E-state index is 12.3. The van der Waals surface area contributed by atoms with Crippen LogP contribution in [-0.4, -0.2) is 34.2 Å². The lowest BCUT2D eigenvalue weighted by molar-refractivity contribution is -0.136. The van der Waals surface area contributed by atoms with Gasteiger partial charge >= 0.3 is 17.8 Å². The molecule has 1 aromatic heterocycles. The minimum atomic E-state index is -1.01. The zero-order valence-corrected chi connectivity index (χ0v) is 21.4. The molecule has 0 radical (unpaired) electrons. The summed E-state index contributed by atoms with van der Waals surface area (Å²) in [6, 6.07) is 23.5. The minimum absolute atomic E-state index is 0.174. The second-order valence-corrected chi connectivity index (χ2v) is 9.17. The van der Waals surface area contributed by atoms with Crippen molar-refractivity contribution in [1.29, 1.82) is 0 Å². The first-order valence-corrected chi connectivity index (χ1v) is 12.4. The van der Waals surface area contributed by atoms with Crippen LogP contribution in [0.5, 0.6) is 5.75 Å². The Balaban J connectivity index is 1.35. The van der Waals surface area contributed by atoms with Crippen LogP contribution in [0.3, 0.4) is 0 Å². The molecule has 37 heavy (non-hydrogen) atoms. The molecule has 3 aromatic carbocycles. The molecule has 0 saturated carbocycles. The van der Waals surface area contributed by atoms with E-state index >= 15 is 0 Å². The van der Waals surface area contributed by atoms with Crippen LogP contribution in [-0.2, 0) is 14.4 Å². The van der Waals surface area contributed by atoms with E-state index < -0.39 is 17.8 Å². The first-order chi connectivity index (χ1) is 18.0.